The lowest BCUT2D eigenvalue weighted by Crippen LogP contribution is -2.53. The van der Waals surface area contributed by atoms with E-state index in [9.17, 15) is 4.79 Å². The second kappa shape index (κ2) is 11.3. The summed E-state index contributed by atoms with van der Waals surface area (Å²) in [5.74, 6) is 2.08. The summed E-state index contributed by atoms with van der Waals surface area (Å²) in [6, 6.07) is 3.90. The first-order chi connectivity index (χ1) is 11.2. The first kappa shape index (κ1) is 20.8. The molecule has 2 heterocycles. The van der Waals surface area contributed by atoms with Crippen LogP contribution in [0.3, 0.4) is 0 Å². The van der Waals surface area contributed by atoms with Gasteiger partial charge in [0.05, 0.1) is 6.26 Å². The van der Waals surface area contributed by atoms with Gasteiger partial charge in [-0.3, -0.25) is 9.79 Å². The lowest BCUT2D eigenvalue weighted by Gasteiger charge is -2.36. The van der Waals surface area contributed by atoms with Gasteiger partial charge in [-0.1, -0.05) is 13.3 Å². The highest BCUT2D eigenvalue weighted by Crippen LogP contribution is 2.04. The van der Waals surface area contributed by atoms with E-state index < -0.39 is 0 Å². The highest BCUT2D eigenvalue weighted by Gasteiger charge is 2.20. The molecule has 7 heteroatoms. The summed E-state index contributed by atoms with van der Waals surface area (Å²) in [5.41, 5.74) is 0. The third kappa shape index (κ3) is 6.70. The molecule has 0 aromatic carbocycles. The van der Waals surface area contributed by atoms with Gasteiger partial charge in [-0.15, -0.1) is 24.0 Å². The van der Waals surface area contributed by atoms with Crippen LogP contribution in [0.2, 0.25) is 0 Å². The van der Waals surface area contributed by atoms with Gasteiger partial charge in [0.1, 0.15) is 5.76 Å². The van der Waals surface area contributed by atoms with Crippen LogP contribution in [0.1, 0.15) is 32.4 Å². The van der Waals surface area contributed by atoms with E-state index in [-0.39, 0.29) is 29.9 Å². The number of nitrogens with one attached hydrogen (secondary N) is 1. The normalized spacial score (nSPS) is 15.2. The second-order valence-corrected chi connectivity index (χ2v) is 5.81. The number of amides is 1. The molecule has 1 aromatic rings. The fraction of sp³-hybridized carbons (Fsp3) is 0.647. The molecule has 1 fully saturated rings. The molecule has 0 unspecified atom stereocenters. The van der Waals surface area contributed by atoms with Crippen molar-refractivity contribution in [3.05, 3.63) is 24.2 Å². The predicted octanol–water partition coefficient (Wildman–Crippen LogP) is 2.35. The van der Waals surface area contributed by atoms with Gasteiger partial charge in [0, 0.05) is 52.6 Å². The van der Waals surface area contributed by atoms with Crippen molar-refractivity contribution in [1.29, 1.82) is 0 Å². The van der Waals surface area contributed by atoms with Gasteiger partial charge in [0.25, 0.3) is 0 Å². The van der Waals surface area contributed by atoms with Crippen molar-refractivity contribution in [2.24, 2.45) is 4.99 Å². The fourth-order valence-corrected chi connectivity index (χ4v) is 2.60. The summed E-state index contributed by atoms with van der Waals surface area (Å²) >= 11 is 0. The van der Waals surface area contributed by atoms with Crippen molar-refractivity contribution in [3.8, 4) is 0 Å². The van der Waals surface area contributed by atoms with E-state index >= 15 is 0 Å². The topological polar surface area (TPSA) is 61.1 Å². The maximum absolute atomic E-state index is 11.4. The molecule has 2 rings (SSSR count). The average molecular weight is 448 g/mol. The van der Waals surface area contributed by atoms with Crippen LogP contribution >= 0.6 is 24.0 Å². The Kier molecular flexibility index (Phi) is 9.82. The maximum atomic E-state index is 11.4. The van der Waals surface area contributed by atoms with Crippen molar-refractivity contribution in [1.82, 2.24) is 15.1 Å². The number of piperazine rings is 1. The van der Waals surface area contributed by atoms with Gasteiger partial charge < -0.3 is 19.5 Å². The number of hydrogen-bond donors (Lipinski definition) is 1. The molecule has 1 aliphatic rings. The van der Waals surface area contributed by atoms with E-state index in [1.807, 2.05) is 17.0 Å². The highest BCUT2D eigenvalue weighted by molar-refractivity contribution is 14.0. The third-order valence-electron chi connectivity index (χ3n) is 4.03. The number of furan rings is 1. The van der Waals surface area contributed by atoms with E-state index in [4.69, 9.17) is 9.41 Å². The maximum Gasteiger partial charge on any atom is 0.219 e. The lowest BCUT2D eigenvalue weighted by atomic mass is 10.3. The van der Waals surface area contributed by atoms with Gasteiger partial charge in [-0.25, -0.2) is 0 Å². The van der Waals surface area contributed by atoms with Crippen LogP contribution in [-0.4, -0.2) is 60.9 Å². The zero-order valence-corrected chi connectivity index (χ0v) is 17.0. The summed E-state index contributed by atoms with van der Waals surface area (Å²) in [6.45, 7) is 8.64. The first-order valence-corrected chi connectivity index (χ1v) is 8.52. The van der Waals surface area contributed by atoms with Crippen molar-refractivity contribution in [3.63, 3.8) is 0 Å². The number of carbonyl (C=O) groups excluding carboxylic acids is 1. The molecular weight excluding hydrogens is 419 g/mol. The monoisotopic (exact) mass is 448 g/mol. The van der Waals surface area contributed by atoms with Crippen LogP contribution in [-0.2, 0) is 11.2 Å². The Balaban J connectivity index is 0.00000288. The molecule has 0 saturated carbocycles. The number of guanidine groups is 1. The minimum absolute atomic E-state index is 0. The van der Waals surface area contributed by atoms with Crippen LogP contribution in [0.5, 0.6) is 0 Å². The first-order valence-electron chi connectivity index (χ1n) is 8.52. The van der Waals surface area contributed by atoms with Gasteiger partial charge >= 0.3 is 0 Å². The van der Waals surface area contributed by atoms with E-state index in [1.165, 1.54) is 0 Å². The van der Waals surface area contributed by atoms with Crippen molar-refractivity contribution in [2.45, 2.75) is 33.1 Å². The highest BCUT2D eigenvalue weighted by atomic mass is 127. The quantitative estimate of drug-likeness (QED) is 0.314. The average Bonchev–Trinajstić information content (AvgIpc) is 3.07. The Morgan fingerprint density at radius 3 is 2.58 bits per heavy atom. The van der Waals surface area contributed by atoms with Gasteiger partial charge in [-0.05, 0) is 18.6 Å². The number of carbonyl (C=O) groups is 1. The summed E-state index contributed by atoms with van der Waals surface area (Å²) in [5, 5.41) is 3.44. The molecule has 1 saturated heterocycles. The van der Waals surface area contributed by atoms with Crippen LogP contribution in [0, 0.1) is 0 Å². The molecule has 24 heavy (non-hydrogen) atoms. The van der Waals surface area contributed by atoms with Gasteiger partial charge in [0.2, 0.25) is 5.91 Å². The molecule has 0 atom stereocenters. The second-order valence-electron chi connectivity index (χ2n) is 5.81. The molecule has 1 aliphatic heterocycles. The van der Waals surface area contributed by atoms with Gasteiger partial charge in [-0.2, -0.15) is 0 Å². The molecule has 1 amide bonds. The Morgan fingerprint density at radius 2 is 2.00 bits per heavy atom. The van der Waals surface area contributed by atoms with E-state index in [2.05, 4.69) is 17.1 Å². The SMILES string of the molecule is CCCCN=C(NCCc1ccco1)N1CCN(C(C)=O)CC1.I. The van der Waals surface area contributed by atoms with Crippen LogP contribution in [0.25, 0.3) is 0 Å². The lowest BCUT2D eigenvalue weighted by molar-refractivity contribution is -0.130. The molecule has 6 nitrogen and oxygen atoms in total. The zero-order valence-electron chi connectivity index (χ0n) is 14.7. The smallest absolute Gasteiger partial charge is 0.219 e. The zero-order chi connectivity index (χ0) is 16.5. The van der Waals surface area contributed by atoms with Gasteiger partial charge in [0.15, 0.2) is 5.96 Å². The molecule has 1 N–H and O–H groups in total. The van der Waals surface area contributed by atoms with E-state index in [0.717, 1.165) is 70.3 Å². The van der Waals surface area contributed by atoms with E-state index in [1.54, 1.807) is 13.2 Å². The third-order valence-corrected chi connectivity index (χ3v) is 4.03. The van der Waals surface area contributed by atoms with E-state index in [0.29, 0.717) is 0 Å². The number of halogens is 1. The van der Waals surface area contributed by atoms with Crippen LogP contribution < -0.4 is 5.32 Å². The number of aliphatic imine (C=N–C) groups is 1. The number of unbranched alkanes of at least 4 members (excludes halogenated alkanes) is 1. The molecular formula is C17H29IN4O2. The largest absolute Gasteiger partial charge is 0.469 e. The molecule has 0 spiro atoms. The predicted molar refractivity (Wildman–Crippen MR) is 107 cm³/mol. The molecule has 0 radical (unpaired) electrons. The number of nitrogens with zero attached hydrogens (tertiary/aromatic N) is 3. The fourth-order valence-electron chi connectivity index (χ4n) is 2.60. The summed E-state index contributed by atoms with van der Waals surface area (Å²) in [7, 11) is 0. The van der Waals surface area contributed by atoms with Crippen molar-refractivity contribution < 1.29 is 9.21 Å². The minimum atomic E-state index is 0. The molecule has 0 bridgehead atoms. The Labute approximate surface area is 161 Å². The number of rotatable bonds is 6. The molecule has 0 aliphatic carbocycles. The summed E-state index contributed by atoms with van der Waals surface area (Å²) in [4.78, 5) is 20.3. The van der Waals surface area contributed by atoms with Crippen molar-refractivity contribution >= 4 is 35.8 Å². The Morgan fingerprint density at radius 1 is 1.29 bits per heavy atom. The van der Waals surface area contributed by atoms with Crippen LogP contribution in [0.15, 0.2) is 27.8 Å². The Hall–Kier alpha value is -1.25. The minimum Gasteiger partial charge on any atom is -0.469 e. The molecule has 136 valence electrons. The molecule has 1 aromatic heterocycles. The van der Waals surface area contributed by atoms with Crippen molar-refractivity contribution in [2.75, 3.05) is 39.3 Å². The summed E-state index contributed by atoms with van der Waals surface area (Å²) < 4.78 is 5.36. The van der Waals surface area contributed by atoms with Crippen LogP contribution in [0.4, 0.5) is 0 Å². The Bertz CT molecular complexity index is 497. The summed E-state index contributed by atoms with van der Waals surface area (Å²) in [6.07, 6.45) is 4.78. The number of hydrogen-bond acceptors (Lipinski definition) is 3. The standard InChI is InChI=1S/C17H28N4O2.HI/c1-3-4-8-18-17(19-9-7-16-6-5-14-23-16)21-12-10-20(11-13-21)15(2)22;/h5-6,14H,3-4,7-13H2,1-2H3,(H,18,19);1H.